The molecule has 7 heteroatoms. The molecule has 0 radical (unpaired) electrons. The van der Waals surface area contributed by atoms with Gasteiger partial charge in [0.15, 0.2) is 5.82 Å². The summed E-state index contributed by atoms with van der Waals surface area (Å²) in [5.41, 5.74) is 3.73. The summed E-state index contributed by atoms with van der Waals surface area (Å²) < 4.78 is 0. The van der Waals surface area contributed by atoms with Crippen LogP contribution in [0.5, 0.6) is 0 Å². The molecule has 2 aromatic carbocycles. The molecule has 166 valence electrons. The van der Waals surface area contributed by atoms with E-state index >= 15 is 0 Å². The molecule has 5 rings (SSSR count). The molecular formula is C26H26N6O. The summed E-state index contributed by atoms with van der Waals surface area (Å²) in [7, 11) is 0. The van der Waals surface area contributed by atoms with Gasteiger partial charge < -0.3 is 4.90 Å². The number of aromatic nitrogens is 5. The van der Waals surface area contributed by atoms with Gasteiger partial charge in [-0.3, -0.25) is 9.78 Å². The monoisotopic (exact) mass is 438 g/mol. The number of carbonyl (C=O) groups is 1. The highest BCUT2D eigenvalue weighted by molar-refractivity contribution is 5.93. The molecule has 2 aromatic heterocycles. The predicted octanol–water partition coefficient (Wildman–Crippen LogP) is 4.19. The second kappa shape index (κ2) is 9.32. The van der Waals surface area contributed by atoms with Gasteiger partial charge in [-0.15, -0.1) is 10.2 Å². The summed E-state index contributed by atoms with van der Waals surface area (Å²) in [6.45, 7) is 3.21. The van der Waals surface area contributed by atoms with Crippen LogP contribution < -0.4 is 0 Å². The number of amides is 1. The molecule has 0 bridgehead atoms. The molecule has 1 fully saturated rings. The first-order chi connectivity index (χ1) is 16.2. The number of hydrogen-bond acceptors (Lipinski definition) is 5. The van der Waals surface area contributed by atoms with Crippen molar-refractivity contribution in [1.29, 1.82) is 0 Å². The normalized spacial score (nSPS) is 15.4. The Morgan fingerprint density at radius 3 is 2.30 bits per heavy atom. The van der Waals surface area contributed by atoms with E-state index in [1.165, 1.54) is 0 Å². The molecule has 7 nitrogen and oxygen atoms in total. The quantitative estimate of drug-likeness (QED) is 0.467. The van der Waals surface area contributed by atoms with E-state index < -0.39 is 0 Å². The minimum absolute atomic E-state index is 0.00388. The third-order valence-electron chi connectivity index (χ3n) is 6.28. The van der Waals surface area contributed by atoms with Crippen molar-refractivity contribution in [3.63, 3.8) is 0 Å². The maximum Gasteiger partial charge on any atom is 0.272 e. The topological polar surface area (TPSA) is 76.8 Å². The molecule has 1 aliphatic rings. The van der Waals surface area contributed by atoms with Crippen LogP contribution in [0.1, 0.15) is 40.8 Å². The van der Waals surface area contributed by atoms with Crippen LogP contribution in [0.25, 0.3) is 11.1 Å². The van der Waals surface area contributed by atoms with Gasteiger partial charge in [-0.1, -0.05) is 60.7 Å². The highest BCUT2D eigenvalue weighted by Crippen LogP contribution is 2.33. The summed E-state index contributed by atoms with van der Waals surface area (Å²) in [5.74, 6) is 0.957. The van der Waals surface area contributed by atoms with Crippen LogP contribution in [0.4, 0.5) is 0 Å². The molecule has 1 aliphatic heterocycles. The van der Waals surface area contributed by atoms with Gasteiger partial charge in [0.2, 0.25) is 0 Å². The van der Waals surface area contributed by atoms with Gasteiger partial charge in [-0.05, 0) is 59.7 Å². The number of tetrazole rings is 1. The van der Waals surface area contributed by atoms with Crippen molar-refractivity contribution < 1.29 is 4.79 Å². The molecule has 4 aromatic rings. The molecule has 1 amide bonds. The number of hydrogen-bond donors (Lipinski definition) is 0. The van der Waals surface area contributed by atoms with Crippen molar-refractivity contribution in [1.82, 2.24) is 30.1 Å². The molecule has 1 atom stereocenters. The van der Waals surface area contributed by atoms with Crippen molar-refractivity contribution in [2.45, 2.75) is 25.8 Å². The zero-order valence-electron chi connectivity index (χ0n) is 18.6. The van der Waals surface area contributed by atoms with Crippen molar-refractivity contribution >= 4 is 5.91 Å². The number of carbonyl (C=O) groups excluding carboxylic acids is 1. The van der Waals surface area contributed by atoms with Gasteiger partial charge in [-0.2, -0.15) is 4.80 Å². The molecular weight excluding hydrogens is 412 g/mol. The van der Waals surface area contributed by atoms with Crippen molar-refractivity contribution in [2.24, 2.45) is 5.92 Å². The Morgan fingerprint density at radius 2 is 1.64 bits per heavy atom. The Bertz CT molecular complexity index is 1220. The lowest BCUT2D eigenvalue weighted by atomic mass is 9.85. The van der Waals surface area contributed by atoms with Crippen molar-refractivity contribution in [3.8, 4) is 11.1 Å². The average molecular weight is 439 g/mol. The minimum atomic E-state index is -0.0165. The summed E-state index contributed by atoms with van der Waals surface area (Å²) in [6.07, 6.45) is 3.45. The van der Waals surface area contributed by atoms with Crippen LogP contribution in [0.2, 0.25) is 0 Å². The second-order valence-corrected chi connectivity index (χ2v) is 8.44. The van der Waals surface area contributed by atoms with Crippen LogP contribution in [0, 0.1) is 12.8 Å². The Hall–Kier alpha value is -3.87. The number of rotatable bonds is 5. The number of piperidine rings is 1. The van der Waals surface area contributed by atoms with Gasteiger partial charge >= 0.3 is 0 Å². The van der Waals surface area contributed by atoms with Crippen LogP contribution in [0.3, 0.4) is 0 Å². The van der Waals surface area contributed by atoms with E-state index in [2.05, 4.69) is 32.5 Å². The van der Waals surface area contributed by atoms with E-state index in [4.69, 9.17) is 0 Å². The third-order valence-corrected chi connectivity index (χ3v) is 6.28. The van der Waals surface area contributed by atoms with E-state index in [-0.39, 0.29) is 11.9 Å². The van der Waals surface area contributed by atoms with Crippen LogP contribution >= 0.6 is 0 Å². The molecule has 0 saturated carbocycles. The molecule has 1 unspecified atom stereocenters. The Kier molecular flexibility index (Phi) is 5.93. The maximum absolute atomic E-state index is 13.2. The number of pyridine rings is 1. The second-order valence-electron chi connectivity index (χ2n) is 8.44. The van der Waals surface area contributed by atoms with Crippen molar-refractivity contribution in [2.75, 3.05) is 13.1 Å². The van der Waals surface area contributed by atoms with E-state index in [9.17, 15) is 4.79 Å². The largest absolute Gasteiger partial charge is 0.337 e. The number of aryl methyl sites for hydroxylation is 1. The highest BCUT2D eigenvalue weighted by Gasteiger charge is 2.32. The van der Waals surface area contributed by atoms with E-state index in [0.717, 1.165) is 29.5 Å². The number of benzene rings is 2. The lowest BCUT2D eigenvalue weighted by molar-refractivity contribution is 0.0658. The molecule has 1 saturated heterocycles. The van der Waals surface area contributed by atoms with Gasteiger partial charge in [-0.25, -0.2) is 0 Å². The first-order valence-corrected chi connectivity index (χ1v) is 11.3. The van der Waals surface area contributed by atoms with E-state index in [1.807, 2.05) is 72.5 Å². The van der Waals surface area contributed by atoms with E-state index in [1.54, 1.807) is 11.0 Å². The van der Waals surface area contributed by atoms with Crippen LogP contribution in [-0.2, 0) is 0 Å². The van der Waals surface area contributed by atoms with Gasteiger partial charge in [0, 0.05) is 19.3 Å². The standard InChI is InChI=1S/C26H26N6O/c1-19-28-30-32(29-19)25(21-10-6-3-7-11-21)22-13-16-31(17-14-22)26(33)24-18-23(12-15-27-24)20-8-4-2-5-9-20/h2-12,15,18,22,25H,13-14,16-17H2,1H3. The van der Waals surface area contributed by atoms with Gasteiger partial charge in [0.05, 0.1) is 0 Å². The summed E-state index contributed by atoms with van der Waals surface area (Å²) in [6, 6.07) is 24.2. The molecule has 3 heterocycles. The highest BCUT2D eigenvalue weighted by atomic mass is 16.2. The molecule has 33 heavy (non-hydrogen) atoms. The number of likely N-dealkylation sites (tertiary alicyclic amines) is 1. The smallest absolute Gasteiger partial charge is 0.272 e. The van der Waals surface area contributed by atoms with Crippen LogP contribution in [-0.4, -0.2) is 49.1 Å². The fraction of sp³-hybridized carbons (Fsp3) is 0.269. The maximum atomic E-state index is 13.2. The number of nitrogens with zero attached hydrogens (tertiary/aromatic N) is 6. The average Bonchev–Trinajstić information content (AvgIpc) is 3.31. The Labute approximate surface area is 193 Å². The summed E-state index contributed by atoms with van der Waals surface area (Å²) in [4.78, 5) is 21.2. The first kappa shape index (κ1) is 21.0. The summed E-state index contributed by atoms with van der Waals surface area (Å²) in [5, 5.41) is 12.9. The minimum Gasteiger partial charge on any atom is -0.337 e. The first-order valence-electron chi connectivity index (χ1n) is 11.3. The molecule has 0 aliphatic carbocycles. The van der Waals surface area contributed by atoms with Crippen LogP contribution in [0.15, 0.2) is 79.0 Å². The van der Waals surface area contributed by atoms with Crippen molar-refractivity contribution in [3.05, 3.63) is 96.1 Å². The lowest BCUT2D eigenvalue weighted by Crippen LogP contribution is -2.41. The predicted molar refractivity (Wildman–Crippen MR) is 125 cm³/mol. The van der Waals surface area contributed by atoms with Gasteiger partial charge in [0.25, 0.3) is 5.91 Å². The zero-order chi connectivity index (χ0) is 22.6. The Morgan fingerprint density at radius 1 is 0.939 bits per heavy atom. The zero-order valence-corrected chi connectivity index (χ0v) is 18.6. The lowest BCUT2D eigenvalue weighted by Gasteiger charge is -2.35. The molecule has 0 N–H and O–H groups in total. The third kappa shape index (κ3) is 4.53. The fourth-order valence-corrected chi connectivity index (χ4v) is 4.60. The SMILES string of the molecule is Cc1nnn(C(c2ccccc2)C2CCN(C(=O)c3cc(-c4ccccc4)ccn3)CC2)n1. The molecule has 0 spiro atoms. The van der Waals surface area contributed by atoms with Gasteiger partial charge in [0.1, 0.15) is 11.7 Å². The van der Waals surface area contributed by atoms with E-state index in [0.29, 0.717) is 30.5 Å². The fourth-order valence-electron chi connectivity index (χ4n) is 4.60. The summed E-state index contributed by atoms with van der Waals surface area (Å²) >= 11 is 0. The Balaban J connectivity index is 1.32.